The average Bonchev–Trinajstić information content (AvgIpc) is 2.70. The summed E-state index contributed by atoms with van der Waals surface area (Å²) in [5.74, 6) is 0.563. The quantitative estimate of drug-likeness (QED) is 0.499. The lowest BCUT2D eigenvalue weighted by Gasteiger charge is -2.14. The molecule has 0 bridgehead atoms. The van der Waals surface area contributed by atoms with Crippen molar-refractivity contribution in [2.24, 2.45) is 0 Å². The van der Waals surface area contributed by atoms with Gasteiger partial charge in [-0.3, -0.25) is 10.7 Å². The number of anilines is 2. The summed E-state index contributed by atoms with van der Waals surface area (Å²) in [7, 11) is 0. The summed E-state index contributed by atoms with van der Waals surface area (Å²) in [6.07, 6.45) is 4.98. The topological polar surface area (TPSA) is 58.3 Å². The van der Waals surface area contributed by atoms with Crippen LogP contribution in [0.15, 0.2) is 18.2 Å². The van der Waals surface area contributed by atoms with Gasteiger partial charge in [0.2, 0.25) is 0 Å². The first kappa shape index (κ1) is 9.34. The number of nitrogens with one attached hydrogen (secondary N) is 1. The molecule has 0 amide bonds. The van der Waals surface area contributed by atoms with Crippen LogP contribution in [0.2, 0.25) is 0 Å². The van der Waals surface area contributed by atoms with Crippen molar-refractivity contribution in [2.75, 3.05) is 11.2 Å². The van der Waals surface area contributed by atoms with Crippen LogP contribution >= 0.6 is 0 Å². The van der Waals surface area contributed by atoms with Crippen molar-refractivity contribution in [3.63, 3.8) is 0 Å². The highest BCUT2D eigenvalue weighted by atomic mass is 16.5. The Balaban J connectivity index is 2.33. The molecule has 1 aliphatic rings. The molecule has 1 saturated carbocycles. The first-order valence-corrected chi connectivity index (χ1v) is 5.11. The molecule has 0 saturated heterocycles. The molecule has 0 aliphatic heterocycles. The molecule has 1 aromatic rings. The lowest BCUT2D eigenvalue weighted by atomic mass is 9.95. The molecule has 0 unspecified atom stereocenters. The smallest absolute Gasteiger partial charge is 0.0638 e. The lowest BCUT2D eigenvalue weighted by Crippen LogP contribution is -2.01. The number of hydrogen-bond acceptors (Lipinski definition) is 3. The van der Waals surface area contributed by atoms with Crippen LogP contribution in [0.25, 0.3) is 0 Å². The van der Waals surface area contributed by atoms with Gasteiger partial charge in [-0.15, -0.1) is 0 Å². The van der Waals surface area contributed by atoms with Crippen molar-refractivity contribution in [2.45, 2.75) is 31.6 Å². The fraction of sp³-hybridized carbons (Fsp3) is 0.455. The van der Waals surface area contributed by atoms with E-state index in [2.05, 4.69) is 5.48 Å². The summed E-state index contributed by atoms with van der Waals surface area (Å²) in [5, 5.41) is 8.98. The van der Waals surface area contributed by atoms with Crippen LogP contribution in [0.1, 0.15) is 37.2 Å². The van der Waals surface area contributed by atoms with Crippen molar-refractivity contribution in [3.05, 3.63) is 23.8 Å². The largest absolute Gasteiger partial charge is 0.399 e. The summed E-state index contributed by atoms with van der Waals surface area (Å²) in [6.45, 7) is 0. The van der Waals surface area contributed by atoms with E-state index in [1.807, 2.05) is 12.1 Å². The summed E-state index contributed by atoms with van der Waals surface area (Å²) in [4.78, 5) is 0. The highest BCUT2D eigenvalue weighted by molar-refractivity contribution is 5.58. The minimum atomic E-state index is 0.563. The van der Waals surface area contributed by atoms with E-state index in [0.717, 1.165) is 16.9 Å². The molecule has 1 fully saturated rings. The number of rotatable bonds is 2. The summed E-state index contributed by atoms with van der Waals surface area (Å²) >= 11 is 0. The molecular weight excluding hydrogens is 176 g/mol. The average molecular weight is 192 g/mol. The number of nitrogen functional groups attached to an aromatic ring is 1. The van der Waals surface area contributed by atoms with E-state index >= 15 is 0 Å². The molecule has 1 aromatic carbocycles. The molecule has 0 heterocycles. The van der Waals surface area contributed by atoms with Crippen molar-refractivity contribution in [1.82, 2.24) is 0 Å². The maximum atomic E-state index is 8.98. The molecule has 0 atom stereocenters. The third kappa shape index (κ3) is 1.68. The van der Waals surface area contributed by atoms with E-state index in [-0.39, 0.29) is 0 Å². The van der Waals surface area contributed by atoms with Crippen LogP contribution in [0.4, 0.5) is 11.4 Å². The Labute approximate surface area is 83.9 Å². The van der Waals surface area contributed by atoms with Crippen molar-refractivity contribution in [1.29, 1.82) is 0 Å². The van der Waals surface area contributed by atoms with Crippen LogP contribution in [0, 0.1) is 0 Å². The Morgan fingerprint density at radius 2 is 2.00 bits per heavy atom. The van der Waals surface area contributed by atoms with Gasteiger partial charge >= 0.3 is 0 Å². The van der Waals surface area contributed by atoms with Crippen LogP contribution < -0.4 is 11.2 Å². The maximum Gasteiger partial charge on any atom is 0.0638 e. The van der Waals surface area contributed by atoms with E-state index in [1.54, 1.807) is 6.07 Å². The van der Waals surface area contributed by atoms with Gasteiger partial charge in [-0.05, 0) is 42.5 Å². The van der Waals surface area contributed by atoms with Crippen LogP contribution in [0.3, 0.4) is 0 Å². The predicted octanol–water partition coefficient (Wildman–Crippen LogP) is 2.73. The number of nitrogens with two attached hydrogens (primary N) is 1. The Kier molecular flexibility index (Phi) is 2.59. The summed E-state index contributed by atoms with van der Waals surface area (Å²) in [5.41, 5.74) is 10.7. The third-order valence-electron chi connectivity index (χ3n) is 2.99. The second-order valence-electron chi connectivity index (χ2n) is 3.94. The maximum absolute atomic E-state index is 8.98. The first-order valence-electron chi connectivity index (χ1n) is 5.11. The Morgan fingerprint density at radius 3 is 2.64 bits per heavy atom. The highest BCUT2D eigenvalue weighted by Crippen LogP contribution is 2.38. The zero-order valence-corrected chi connectivity index (χ0v) is 8.16. The molecule has 0 spiro atoms. The van der Waals surface area contributed by atoms with Gasteiger partial charge in [0.25, 0.3) is 0 Å². The van der Waals surface area contributed by atoms with E-state index in [0.29, 0.717) is 5.92 Å². The molecule has 4 N–H and O–H groups in total. The normalized spacial score (nSPS) is 17.2. The van der Waals surface area contributed by atoms with E-state index in [1.165, 1.54) is 25.7 Å². The third-order valence-corrected chi connectivity index (χ3v) is 2.99. The van der Waals surface area contributed by atoms with Gasteiger partial charge in [0.05, 0.1) is 5.69 Å². The van der Waals surface area contributed by atoms with E-state index in [4.69, 9.17) is 10.9 Å². The molecule has 3 nitrogen and oxygen atoms in total. The van der Waals surface area contributed by atoms with Crippen LogP contribution in [-0.2, 0) is 0 Å². The van der Waals surface area contributed by atoms with Gasteiger partial charge in [-0.2, -0.15) is 0 Å². The molecular formula is C11H16N2O. The van der Waals surface area contributed by atoms with Gasteiger partial charge in [0.1, 0.15) is 0 Å². The molecule has 0 aromatic heterocycles. The molecule has 3 heteroatoms. The fourth-order valence-electron chi connectivity index (χ4n) is 2.26. The second kappa shape index (κ2) is 3.88. The van der Waals surface area contributed by atoms with Gasteiger partial charge in [-0.25, -0.2) is 0 Å². The zero-order chi connectivity index (χ0) is 9.97. The fourth-order valence-corrected chi connectivity index (χ4v) is 2.26. The molecule has 76 valence electrons. The second-order valence-corrected chi connectivity index (χ2v) is 3.94. The first-order chi connectivity index (χ1) is 6.81. The van der Waals surface area contributed by atoms with Gasteiger partial charge in [0, 0.05) is 5.69 Å². The summed E-state index contributed by atoms with van der Waals surface area (Å²) in [6, 6.07) is 5.61. The Hall–Kier alpha value is -1.22. The van der Waals surface area contributed by atoms with E-state index < -0.39 is 0 Å². The Bertz CT molecular complexity index is 319. The monoisotopic (exact) mass is 192 g/mol. The van der Waals surface area contributed by atoms with Gasteiger partial charge < -0.3 is 5.73 Å². The Morgan fingerprint density at radius 1 is 1.29 bits per heavy atom. The van der Waals surface area contributed by atoms with Crippen molar-refractivity contribution in [3.8, 4) is 0 Å². The molecule has 1 aliphatic carbocycles. The minimum Gasteiger partial charge on any atom is -0.399 e. The standard InChI is InChI=1S/C11H16N2O/c12-9-5-6-11(13-14)10(7-9)8-3-1-2-4-8/h5-8,13-14H,1-4,12H2. The van der Waals surface area contributed by atoms with Crippen molar-refractivity contribution >= 4 is 11.4 Å². The number of benzene rings is 1. The summed E-state index contributed by atoms with van der Waals surface area (Å²) < 4.78 is 0. The highest BCUT2D eigenvalue weighted by Gasteiger charge is 2.19. The lowest BCUT2D eigenvalue weighted by molar-refractivity contribution is 0.387. The van der Waals surface area contributed by atoms with Crippen molar-refractivity contribution < 1.29 is 5.21 Å². The predicted molar refractivity (Wildman–Crippen MR) is 57.5 cm³/mol. The van der Waals surface area contributed by atoms with Crippen LogP contribution in [0.5, 0.6) is 0 Å². The number of hydrogen-bond donors (Lipinski definition) is 3. The van der Waals surface area contributed by atoms with E-state index in [9.17, 15) is 0 Å². The molecule has 0 radical (unpaired) electrons. The molecule has 14 heavy (non-hydrogen) atoms. The SMILES string of the molecule is Nc1ccc(NO)c(C2CCCC2)c1. The molecule has 2 rings (SSSR count). The van der Waals surface area contributed by atoms with Gasteiger partial charge in [-0.1, -0.05) is 12.8 Å². The zero-order valence-electron chi connectivity index (χ0n) is 8.16. The van der Waals surface area contributed by atoms with Gasteiger partial charge in [0.15, 0.2) is 0 Å². The van der Waals surface area contributed by atoms with Crippen LogP contribution in [-0.4, -0.2) is 5.21 Å². The minimum absolute atomic E-state index is 0.563.